The van der Waals surface area contributed by atoms with Crippen LogP contribution in [-0.4, -0.2) is 47.9 Å². The van der Waals surface area contributed by atoms with E-state index in [1.54, 1.807) is 7.05 Å². The third kappa shape index (κ3) is 3.31. The van der Waals surface area contributed by atoms with Crippen LogP contribution in [0.3, 0.4) is 0 Å². The lowest BCUT2D eigenvalue weighted by molar-refractivity contribution is -0.0682. The second kappa shape index (κ2) is 6.16. The monoisotopic (exact) mass is 338 g/mol. The molecule has 0 bridgehead atoms. The summed E-state index contributed by atoms with van der Waals surface area (Å²) in [5.41, 5.74) is 0.294. The van der Waals surface area contributed by atoms with Gasteiger partial charge in [-0.25, -0.2) is 0 Å². The maximum absolute atomic E-state index is 12.8. The van der Waals surface area contributed by atoms with Gasteiger partial charge >= 0.3 is 0 Å². The number of nitrogens with zero attached hydrogens (tertiary/aromatic N) is 2. The van der Waals surface area contributed by atoms with Crippen molar-refractivity contribution < 1.29 is 13.5 Å². The molecule has 1 saturated carbocycles. The minimum atomic E-state index is -3.49. The Kier molecular flexibility index (Phi) is 4.53. The standard InChI is InChI=1S/C17H26N2O3S/c1-14-12-19(11-10-17(14,20)16-8-9-16)23(21,22)18(2)13-15-6-4-3-5-7-15/h3-7,14,16,20H,8-13H2,1-2H3/t14-,17+/m1/s1. The molecular formula is C17H26N2O3S. The van der Waals surface area contributed by atoms with Crippen LogP contribution >= 0.6 is 0 Å². The van der Waals surface area contributed by atoms with Gasteiger partial charge in [0.1, 0.15) is 0 Å². The first-order chi connectivity index (χ1) is 10.8. The molecule has 0 amide bonds. The minimum absolute atomic E-state index is 0.0244. The fraction of sp³-hybridized carbons (Fsp3) is 0.647. The van der Waals surface area contributed by atoms with Crippen molar-refractivity contribution in [2.24, 2.45) is 11.8 Å². The third-order valence-electron chi connectivity index (χ3n) is 5.35. The van der Waals surface area contributed by atoms with E-state index in [0.717, 1.165) is 18.4 Å². The lowest BCUT2D eigenvalue weighted by Gasteiger charge is -2.43. The summed E-state index contributed by atoms with van der Waals surface area (Å²) >= 11 is 0. The van der Waals surface area contributed by atoms with E-state index in [-0.39, 0.29) is 5.92 Å². The Morgan fingerprint density at radius 2 is 1.96 bits per heavy atom. The maximum atomic E-state index is 12.8. The normalized spacial score (nSPS) is 29.8. The molecule has 0 unspecified atom stereocenters. The summed E-state index contributed by atoms with van der Waals surface area (Å²) in [7, 11) is -1.87. The SMILES string of the molecule is C[C@@H]1CN(S(=O)(=O)N(C)Cc2ccccc2)CC[C@@]1(O)C1CC1. The molecule has 0 aromatic heterocycles. The van der Waals surface area contributed by atoms with Crippen molar-refractivity contribution in [3.8, 4) is 0 Å². The van der Waals surface area contributed by atoms with Gasteiger partial charge in [0, 0.05) is 26.7 Å². The summed E-state index contributed by atoms with van der Waals surface area (Å²) < 4.78 is 28.5. The highest BCUT2D eigenvalue weighted by Crippen LogP contribution is 2.47. The van der Waals surface area contributed by atoms with Gasteiger partial charge in [-0.1, -0.05) is 37.3 Å². The molecule has 2 fully saturated rings. The molecule has 0 radical (unpaired) electrons. The van der Waals surface area contributed by atoms with Crippen LogP contribution in [0.1, 0.15) is 31.7 Å². The second-order valence-corrected chi connectivity index (χ2v) is 9.06. The van der Waals surface area contributed by atoms with E-state index >= 15 is 0 Å². The molecule has 1 heterocycles. The van der Waals surface area contributed by atoms with E-state index < -0.39 is 15.8 Å². The van der Waals surface area contributed by atoms with Crippen LogP contribution in [0, 0.1) is 11.8 Å². The van der Waals surface area contributed by atoms with E-state index in [2.05, 4.69) is 0 Å². The molecule has 2 aliphatic rings. The van der Waals surface area contributed by atoms with E-state index in [0.29, 0.717) is 32.0 Å². The molecule has 2 atom stereocenters. The molecule has 1 aliphatic carbocycles. The summed E-state index contributed by atoms with van der Waals surface area (Å²) in [6, 6.07) is 9.60. The molecule has 1 aliphatic heterocycles. The van der Waals surface area contributed by atoms with Gasteiger partial charge in [-0.2, -0.15) is 17.0 Å². The summed E-state index contributed by atoms with van der Waals surface area (Å²) in [4.78, 5) is 0. The number of hydrogen-bond donors (Lipinski definition) is 1. The van der Waals surface area contributed by atoms with Crippen molar-refractivity contribution in [3.05, 3.63) is 35.9 Å². The number of aliphatic hydroxyl groups is 1. The number of rotatable bonds is 5. The Hall–Kier alpha value is -0.950. The van der Waals surface area contributed by atoms with Gasteiger partial charge in [-0.3, -0.25) is 0 Å². The lowest BCUT2D eigenvalue weighted by Crippen LogP contribution is -2.55. The quantitative estimate of drug-likeness (QED) is 0.891. The molecule has 0 spiro atoms. The van der Waals surface area contributed by atoms with Crippen LogP contribution in [0.2, 0.25) is 0 Å². The van der Waals surface area contributed by atoms with E-state index in [1.165, 1.54) is 8.61 Å². The molecule has 3 rings (SSSR count). The van der Waals surface area contributed by atoms with Crippen LogP contribution < -0.4 is 0 Å². The highest BCUT2D eigenvalue weighted by molar-refractivity contribution is 7.86. The molecule has 1 aromatic carbocycles. The first-order valence-corrected chi connectivity index (χ1v) is 9.71. The average molecular weight is 338 g/mol. The van der Waals surface area contributed by atoms with E-state index in [1.807, 2.05) is 37.3 Å². The van der Waals surface area contributed by atoms with Gasteiger partial charge in [0.25, 0.3) is 10.2 Å². The maximum Gasteiger partial charge on any atom is 0.282 e. The number of benzene rings is 1. The molecular weight excluding hydrogens is 312 g/mol. The molecule has 1 aromatic rings. The summed E-state index contributed by atoms with van der Waals surface area (Å²) in [6.45, 7) is 3.13. The Balaban J connectivity index is 1.68. The fourth-order valence-electron chi connectivity index (χ4n) is 3.62. The van der Waals surface area contributed by atoms with Crippen molar-refractivity contribution in [1.29, 1.82) is 0 Å². The van der Waals surface area contributed by atoms with Gasteiger partial charge in [0.05, 0.1) is 5.60 Å². The Bertz CT molecular complexity index is 645. The zero-order valence-electron chi connectivity index (χ0n) is 13.9. The van der Waals surface area contributed by atoms with Gasteiger partial charge in [-0.15, -0.1) is 0 Å². The van der Waals surface area contributed by atoms with Crippen LogP contribution in [0.25, 0.3) is 0 Å². The Labute approximate surface area is 139 Å². The van der Waals surface area contributed by atoms with Gasteiger partial charge in [0.15, 0.2) is 0 Å². The summed E-state index contributed by atoms with van der Waals surface area (Å²) in [5.74, 6) is 0.341. The molecule has 6 heteroatoms. The second-order valence-electron chi connectivity index (χ2n) is 7.02. The van der Waals surface area contributed by atoms with Gasteiger partial charge in [0.2, 0.25) is 0 Å². The molecule has 5 nitrogen and oxygen atoms in total. The topological polar surface area (TPSA) is 60.9 Å². The van der Waals surface area contributed by atoms with Crippen LogP contribution in [0.5, 0.6) is 0 Å². The summed E-state index contributed by atoms with van der Waals surface area (Å²) in [6.07, 6.45) is 2.68. The largest absolute Gasteiger partial charge is 0.389 e. The molecule has 1 saturated heterocycles. The molecule has 1 N–H and O–H groups in total. The molecule has 128 valence electrons. The zero-order valence-corrected chi connectivity index (χ0v) is 14.7. The highest BCUT2D eigenvalue weighted by atomic mass is 32.2. The molecule has 23 heavy (non-hydrogen) atoms. The predicted octanol–water partition coefficient (Wildman–Crippen LogP) is 1.85. The fourth-order valence-corrected chi connectivity index (χ4v) is 5.06. The first kappa shape index (κ1) is 16.9. The number of piperidine rings is 1. The van der Waals surface area contributed by atoms with Crippen LogP contribution in [-0.2, 0) is 16.8 Å². The predicted molar refractivity (Wildman–Crippen MR) is 89.9 cm³/mol. The van der Waals surface area contributed by atoms with Crippen molar-refractivity contribution in [1.82, 2.24) is 8.61 Å². The smallest absolute Gasteiger partial charge is 0.282 e. The summed E-state index contributed by atoms with van der Waals surface area (Å²) in [5, 5.41) is 10.8. The van der Waals surface area contributed by atoms with Crippen molar-refractivity contribution >= 4 is 10.2 Å². The van der Waals surface area contributed by atoms with Crippen molar-refractivity contribution in [2.45, 2.75) is 38.3 Å². The average Bonchev–Trinajstić information content (AvgIpc) is 3.36. The first-order valence-electron chi connectivity index (χ1n) is 8.32. The highest BCUT2D eigenvalue weighted by Gasteiger charge is 2.51. The Morgan fingerprint density at radius 3 is 2.52 bits per heavy atom. The Morgan fingerprint density at radius 1 is 1.30 bits per heavy atom. The van der Waals surface area contributed by atoms with Crippen LogP contribution in [0.15, 0.2) is 30.3 Å². The van der Waals surface area contributed by atoms with Gasteiger partial charge < -0.3 is 5.11 Å². The minimum Gasteiger partial charge on any atom is -0.389 e. The van der Waals surface area contributed by atoms with E-state index in [9.17, 15) is 13.5 Å². The lowest BCUT2D eigenvalue weighted by atomic mass is 9.79. The number of hydrogen-bond acceptors (Lipinski definition) is 3. The van der Waals surface area contributed by atoms with Gasteiger partial charge in [-0.05, 0) is 36.7 Å². The van der Waals surface area contributed by atoms with Crippen molar-refractivity contribution in [2.75, 3.05) is 20.1 Å². The van der Waals surface area contributed by atoms with E-state index in [4.69, 9.17) is 0 Å². The van der Waals surface area contributed by atoms with Crippen LogP contribution in [0.4, 0.5) is 0 Å². The zero-order chi connectivity index (χ0) is 16.7. The van der Waals surface area contributed by atoms with Crippen molar-refractivity contribution in [3.63, 3.8) is 0 Å². The third-order valence-corrected chi connectivity index (χ3v) is 7.25.